The molecule has 2 heterocycles. The molecule has 0 bridgehead atoms. The van der Waals surface area contributed by atoms with Crippen molar-refractivity contribution in [1.82, 2.24) is 4.90 Å². The lowest BCUT2D eigenvalue weighted by atomic mass is 9.88. The number of amides is 3. The molecule has 2 aliphatic rings. The van der Waals surface area contributed by atoms with Gasteiger partial charge in [-0.15, -0.1) is 0 Å². The van der Waals surface area contributed by atoms with E-state index in [9.17, 15) is 14.4 Å². The Bertz CT molecular complexity index is 888. The molecule has 1 aromatic heterocycles. The summed E-state index contributed by atoms with van der Waals surface area (Å²) in [6, 6.07) is 9.77. The van der Waals surface area contributed by atoms with Gasteiger partial charge in [-0.3, -0.25) is 14.4 Å². The molecule has 7 heteroatoms. The SMILES string of the molecule is O=C1CC(N(Cc2ccco2)C(=O)C2CCCCC2)C(=O)N1c1ccc(Br)cc1. The van der Waals surface area contributed by atoms with Gasteiger partial charge >= 0.3 is 0 Å². The molecule has 1 aliphatic carbocycles. The topological polar surface area (TPSA) is 70.8 Å². The van der Waals surface area contributed by atoms with Crippen LogP contribution in [-0.2, 0) is 20.9 Å². The summed E-state index contributed by atoms with van der Waals surface area (Å²) in [4.78, 5) is 42.1. The third kappa shape index (κ3) is 4.15. The average Bonchev–Trinajstić information content (AvgIpc) is 3.35. The van der Waals surface area contributed by atoms with E-state index in [0.717, 1.165) is 36.6 Å². The maximum atomic E-state index is 13.3. The molecule has 1 aliphatic heterocycles. The van der Waals surface area contributed by atoms with E-state index in [1.807, 2.05) is 0 Å². The molecule has 1 unspecified atom stereocenters. The number of hydrogen-bond donors (Lipinski definition) is 0. The van der Waals surface area contributed by atoms with E-state index in [1.165, 1.54) is 4.90 Å². The summed E-state index contributed by atoms with van der Waals surface area (Å²) >= 11 is 3.36. The molecule has 6 nitrogen and oxygen atoms in total. The van der Waals surface area contributed by atoms with Crippen molar-refractivity contribution in [1.29, 1.82) is 0 Å². The molecule has 1 atom stereocenters. The van der Waals surface area contributed by atoms with Crippen molar-refractivity contribution in [3.8, 4) is 0 Å². The van der Waals surface area contributed by atoms with Gasteiger partial charge in [0.05, 0.1) is 24.9 Å². The largest absolute Gasteiger partial charge is 0.467 e. The van der Waals surface area contributed by atoms with Crippen LogP contribution in [0, 0.1) is 5.92 Å². The summed E-state index contributed by atoms with van der Waals surface area (Å²) < 4.78 is 6.30. The molecule has 2 fully saturated rings. The molecule has 2 aromatic rings. The predicted octanol–water partition coefficient (Wildman–Crippen LogP) is 4.28. The van der Waals surface area contributed by atoms with Gasteiger partial charge in [0.15, 0.2) is 0 Å². The van der Waals surface area contributed by atoms with Gasteiger partial charge in [0.2, 0.25) is 11.8 Å². The van der Waals surface area contributed by atoms with E-state index < -0.39 is 6.04 Å². The van der Waals surface area contributed by atoms with Crippen molar-refractivity contribution in [2.75, 3.05) is 4.90 Å². The third-order valence-corrected chi connectivity index (χ3v) is 6.26. The fourth-order valence-corrected chi connectivity index (χ4v) is 4.48. The van der Waals surface area contributed by atoms with Crippen LogP contribution in [-0.4, -0.2) is 28.7 Å². The van der Waals surface area contributed by atoms with Crippen LogP contribution in [0.15, 0.2) is 51.6 Å². The molecule has 1 saturated heterocycles. The Labute approximate surface area is 178 Å². The normalized spacial score (nSPS) is 20.3. The molecule has 1 aromatic carbocycles. The number of rotatable bonds is 5. The van der Waals surface area contributed by atoms with Crippen molar-refractivity contribution in [2.24, 2.45) is 5.92 Å². The first-order valence-corrected chi connectivity index (χ1v) is 10.8. The van der Waals surface area contributed by atoms with Gasteiger partial charge in [-0.1, -0.05) is 35.2 Å². The summed E-state index contributed by atoms with van der Waals surface area (Å²) in [5, 5.41) is 0. The van der Waals surface area contributed by atoms with E-state index >= 15 is 0 Å². The maximum Gasteiger partial charge on any atom is 0.257 e. The zero-order valence-electron chi connectivity index (χ0n) is 16.1. The predicted molar refractivity (Wildman–Crippen MR) is 111 cm³/mol. The smallest absolute Gasteiger partial charge is 0.257 e. The minimum atomic E-state index is -0.800. The molecule has 0 N–H and O–H groups in total. The average molecular weight is 459 g/mol. The van der Waals surface area contributed by atoms with Crippen LogP contribution in [0.2, 0.25) is 0 Å². The molecule has 3 amide bonds. The summed E-state index contributed by atoms with van der Waals surface area (Å²) in [6.45, 7) is 0.195. The van der Waals surface area contributed by atoms with E-state index in [-0.39, 0.29) is 36.6 Å². The number of furan rings is 1. The molecule has 4 rings (SSSR count). The first-order valence-electron chi connectivity index (χ1n) is 10.00. The number of halogens is 1. The summed E-state index contributed by atoms with van der Waals surface area (Å²) in [5.41, 5.74) is 0.522. The highest BCUT2D eigenvalue weighted by atomic mass is 79.9. The lowest BCUT2D eigenvalue weighted by Crippen LogP contribution is -2.47. The van der Waals surface area contributed by atoms with E-state index in [4.69, 9.17) is 4.42 Å². The molecule has 1 saturated carbocycles. The number of hydrogen-bond acceptors (Lipinski definition) is 4. The van der Waals surface area contributed by atoms with Gasteiger partial charge < -0.3 is 9.32 Å². The second-order valence-corrected chi connectivity index (χ2v) is 8.56. The number of nitrogens with zero attached hydrogens (tertiary/aromatic N) is 2. The monoisotopic (exact) mass is 458 g/mol. The summed E-state index contributed by atoms with van der Waals surface area (Å²) in [5.74, 6) is -0.180. The van der Waals surface area contributed by atoms with Gasteiger partial charge in [-0.2, -0.15) is 0 Å². The van der Waals surface area contributed by atoms with Gasteiger partial charge in [-0.05, 0) is 49.2 Å². The van der Waals surface area contributed by atoms with Gasteiger partial charge in [-0.25, -0.2) is 4.90 Å². The standard InChI is InChI=1S/C22H23BrN2O4/c23-16-8-10-17(11-9-16)25-20(26)13-19(22(25)28)24(14-18-7-4-12-29-18)21(27)15-5-2-1-3-6-15/h4,7-12,15,19H,1-3,5-6,13-14H2. The van der Waals surface area contributed by atoms with E-state index in [2.05, 4.69) is 15.9 Å². The van der Waals surface area contributed by atoms with Gasteiger partial charge in [0.1, 0.15) is 11.8 Å². The molecule has 0 radical (unpaired) electrons. The molecule has 0 spiro atoms. The first-order chi connectivity index (χ1) is 14.0. The number of anilines is 1. The Morgan fingerprint density at radius 2 is 1.83 bits per heavy atom. The molecule has 29 heavy (non-hydrogen) atoms. The lowest BCUT2D eigenvalue weighted by Gasteiger charge is -2.32. The highest BCUT2D eigenvalue weighted by Crippen LogP contribution is 2.31. The van der Waals surface area contributed by atoms with Crippen molar-refractivity contribution >= 4 is 39.3 Å². The lowest BCUT2D eigenvalue weighted by molar-refractivity contribution is -0.143. The summed E-state index contributed by atoms with van der Waals surface area (Å²) in [7, 11) is 0. The Balaban J connectivity index is 1.61. The van der Waals surface area contributed by atoms with Crippen LogP contribution in [0.5, 0.6) is 0 Å². The second-order valence-electron chi connectivity index (χ2n) is 7.64. The number of benzene rings is 1. The zero-order valence-corrected chi connectivity index (χ0v) is 17.6. The number of imide groups is 1. The van der Waals surface area contributed by atoms with Crippen LogP contribution in [0.4, 0.5) is 5.69 Å². The van der Waals surface area contributed by atoms with Gasteiger partial charge in [0, 0.05) is 10.4 Å². The second kappa shape index (κ2) is 8.53. The van der Waals surface area contributed by atoms with E-state index in [0.29, 0.717) is 11.4 Å². The summed E-state index contributed by atoms with van der Waals surface area (Å²) in [6.07, 6.45) is 6.39. The van der Waals surface area contributed by atoms with Crippen molar-refractivity contribution in [3.05, 3.63) is 52.9 Å². The number of carbonyl (C=O) groups is 3. The molecule has 152 valence electrons. The highest BCUT2D eigenvalue weighted by Gasteiger charge is 2.45. The molecular weight excluding hydrogens is 436 g/mol. The third-order valence-electron chi connectivity index (χ3n) is 5.73. The van der Waals surface area contributed by atoms with Crippen LogP contribution in [0.1, 0.15) is 44.3 Å². The van der Waals surface area contributed by atoms with Crippen LogP contribution < -0.4 is 4.90 Å². The number of carbonyl (C=O) groups excluding carboxylic acids is 3. The minimum absolute atomic E-state index is 0.00589. The fourth-order valence-electron chi connectivity index (χ4n) is 4.22. The molecular formula is C22H23BrN2O4. The highest BCUT2D eigenvalue weighted by molar-refractivity contribution is 9.10. The Kier molecular flexibility index (Phi) is 5.85. The maximum absolute atomic E-state index is 13.3. The van der Waals surface area contributed by atoms with Crippen LogP contribution in [0.3, 0.4) is 0 Å². The quantitative estimate of drug-likeness (QED) is 0.626. The van der Waals surface area contributed by atoms with Crippen molar-refractivity contribution in [3.63, 3.8) is 0 Å². The van der Waals surface area contributed by atoms with Gasteiger partial charge in [0.25, 0.3) is 5.91 Å². The Hall–Kier alpha value is -2.41. The first kappa shape index (κ1) is 19.9. The fraction of sp³-hybridized carbons (Fsp3) is 0.409. The van der Waals surface area contributed by atoms with Crippen molar-refractivity contribution in [2.45, 2.75) is 51.1 Å². The minimum Gasteiger partial charge on any atom is -0.467 e. The Morgan fingerprint density at radius 1 is 1.10 bits per heavy atom. The zero-order chi connectivity index (χ0) is 20.4. The van der Waals surface area contributed by atoms with Crippen LogP contribution >= 0.6 is 15.9 Å². The van der Waals surface area contributed by atoms with E-state index in [1.54, 1.807) is 47.6 Å². The Morgan fingerprint density at radius 3 is 2.48 bits per heavy atom. The van der Waals surface area contributed by atoms with Crippen LogP contribution in [0.25, 0.3) is 0 Å². The van der Waals surface area contributed by atoms with Crippen molar-refractivity contribution < 1.29 is 18.8 Å².